The van der Waals surface area contributed by atoms with Crippen molar-refractivity contribution >= 4 is 11.6 Å². The molecule has 1 unspecified atom stereocenters. The van der Waals surface area contributed by atoms with Crippen LogP contribution >= 0.6 is 0 Å². The molecule has 0 heterocycles. The third kappa shape index (κ3) is 3.43. The number of carbonyl (C=O) groups is 1. The fraction of sp³-hybridized carbons (Fsp3) is 0.500. The quantitative estimate of drug-likeness (QED) is 0.723. The average Bonchev–Trinajstić information content (AvgIpc) is 2.74. The molecule has 132 valence electrons. The second-order valence-corrected chi connectivity index (χ2v) is 6.96. The SMILES string of the molecule is CN/C=C(/C(=O)Nc1cccc2c1[C@H](C)CC2(C)C)C(N)C(F)F. The van der Waals surface area contributed by atoms with Crippen molar-refractivity contribution in [3.63, 3.8) is 0 Å². The van der Waals surface area contributed by atoms with Crippen molar-refractivity contribution in [2.45, 2.75) is 51.0 Å². The van der Waals surface area contributed by atoms with Crippen molar-refractivity contribution < 1.29 is 13.6 Å². The van der Waals surface area contributed by atoms with Crippen LogP contribution in [0.3, 0.4) is 0 Å². The topological polar surface area (TPSA) is 67.2 Å². The standard InChI is InChI=1S/C18H25F2N3O/c1-10-8-18(2,3)12-6-5-7-13(14(10)12)23-17(24)11(9-22-4)15(21)16(19)20/h5-7,9-10,15-16,22H,8,21H2,1-4H3,(H,23,24)/b11-9+/t10-,15?/m1/s1. The van der Waals surface area contributed by atoms with Gasteiger partial charge in [0.2, 0.25) is 0 Å². The summed E-state index contributed by atoms with van der Waals surface area (Å²) in [7, 11) is 1.54. The smallest absolute Gasteiger partial charge is 0.257 e. The third-order valence-corrected chi connectivity index (χ3v) is 4.59. The average molecular weight is 337 g/mol. The lowest BCUT2D eigenvalue weighted by atomic mass is 9.86. The van der Waals surface area contributed by atoms with E-state index in [-0.39, 0.29) is 16.9 Å². The first-order chi connectivity index (χ1) is 11.2. The van der Waals surface area contributed by atoms with Crippen molar-refractivity contribution in [2.75, 3.05) is 12.4 Å². The normalized spacial score (nSPS) is 20.7. The molecule has 1 aliphatic rings. The summed E-state index contributed by atoms with van der Waals surface area (Å²) >= 11 is 0. The highest BCUT2D eigenvalue weighted by Crippen LogP contribution is 2.48. The van der Waals surface area contributed by atoms with E-state index < -0.39 is 18.4 Å². The Morgan fingerprint density at radius 2 is 2.08 bits per heavy atom. The summed E-state index contributed by atoms with van der Waals surface area (Å²) in [5, 5.41) is 5.38. The van der Waals surface area contributed by atoms with E-state index >= 15 is 0 Å². The maximum Gasteiger partial charge on any atom is 0.257 e. The fourth-order valence-electron chi connectivity index (χ4n) is 3.57. The molecule has 4 nitrogen and oxygen atoms in total. The summed E-state index contributed by atoms with van der Waals surface area (Å²) in [6.07, 6.45) is -0.608. The number of amides is 1. The molecule has 0 aromatic heterocycles. The van der Waals surface area contributed by atoms with Gasteiger partial charge in [-0.25, -0.2) is 8.78 Å². The first kappa shape index (κ1) is 18.4. The lowest BCUT2D eigenvalue weighted by Crippen LogP contribution is -2.37. The number of fused-ring (bicyclic) bond motifs is 1. The minimum absolute atomic E-state index is 0.0263. The maximum atomic E-state index is 12.9. The Balaban J connectivity index is 2.34. The zero-order valence-electron chi connectivity index (χ0n) is 14.5. The summed E-state index contributed by atoms with van der Waals surface area (Å²) in [6, 6.07) is 4.11. The molecule has 0 bridgehead atoms. The molecule has 0 saturated carbocycles. The van der Waals surface area contributed by atoms with Gasteiger partial charge in [-0.2, -0.15) is 0 Å². The second kappa shape index (κ2) is 6.89. The number of hydrogen-bond acceptors (Lipinski definition) is 3. The number of nitrogens with two attached hydrogens (primary N) is 1. The van der Waals surface area contributed by atoms with E-state index in [1.807, 2.05) is 6.07 Å². The number of nitrogens with one attached hydrogen (secondary N) is 2. The van der Waals surface area contributed by atoms with Crippen LogP contribution < -0.4 is 16.4 Å². The van der Waals surface area contributed by atoms with E-state index in [4.69, 9.17) is 5.73 Å². The molecular weight excluding hydrogens is 312 g/mol. The van der Waals surface area contributed by atoms with Crippen molar-refractivity contribution in [1.82, 2.24) is 5.32 Å². The van der Waals surface area contributed by atoms with Crippen molar-refractivity contribution in [2.24, 2.45) is 5.73 Å². The van der Waals surface area contributed by atoms with Gasteiger partial charge in [0.15, 0.2) is 0 Å². The van der Waals surface area contributed by atoms with E-state index in [0.717, 1.165) is 12.0 Å². The molecule has 1 aromatic rings. The van der Waals surface area contributed by atoms with Gasteiger partial charge in [0.25, 0.3) is 12.3 Å². The van der Waals surface area contributed by atoms with Crippen LogP contribution in [-0.2, 0) is 10.2 Å². The van der Waals surface area contributed by atoms with Crippen molar-refractivity contribution in [1.29, 1.82) is 0 Å². The number of hydrogen-bond donors (Lipinski definition) is 3. The van der Waals surface area contributed by atoms with Gasteiger partial charge < -0.3 is 16.4 Å². The van der Waals surface area contributed by atoms with E-state index in [1.54, 1.807) is 6.07 Å². The number of halogens is 2. The van der Waals surface area contributed by atoms with Crippen LogP contribution in [0, 0.1) is 0 Å². The molecule has 4 N–H and O–H groups in total. The number of rotatable bonds is 5. The van der Waals surface area contributed by atoms with Crippen molar-refractivity contribution in [3.05, 3.63) is 41.1 Å². The molecule has 0 fully saturated rings. The number of benzene rings is 1. The highest BCUT2D eigenvalue weighted by molar-refractivity contribution is 6.05. The number of anilines is 1. The van der Waals surface area contributed by atoms with E-state index in [0.29, 0.717) is 5.69 Å². The molecule has 1 amide bonds. The fourth-order valence-corrected chi connectivity index (χ4v) is 3.57. The van der Waals surface area contributed by atoms with Crippen LogP contribution in [0.1, 0.15) is 44.2 Å². The first-order valence-electron chi connectivity index (χ1n) is 8.05. The molecule has 2 atom stereocenters. The molecule has 0 radical (unpaired) electrons. The number of carbonyl (C=O) groups excluding carboxylic acids is 1. The maximum absolute atomic E-state index is 12.9. The van der Waals surface area contributed by atoms with Gasteiger partial charge >= 0.3 is 0 Å². The molecule has 1 aromatic carbocycles. The van der Waals surface area contributed by atoms with Gasteiger partial charge in [-0.05, 0) is 34.9 Å². The zero-order chi connectivity index (χ0) is 18.1. The summed E-state index contributed by atoms with van der Waals surface area (Å²) in [5.74, 6) is -0.325. The molecule has 2 rings (SSSR count). The lowest BCUT2D eigenvalue weighted by molar-refractivity contribution is -0.113. The van der Waals surface area contributed by atoms with Gasteiger partial charge in [-0.3, -0.25) is 4.79 Å². The van der Waals surface area contributed by atoms with E-state index in [2.05, 4.69) is 37.5 Å². The monoisotopic (exact) mass is 337 g/mol. The first-order valence-corrected chi connectivity index (χ1v) is 8.05. The molecule has 24 heavy (non-hydrogen) atoms. The summed E-state index contributed by atoms with van der Waals surface area (Å²) in [4.78, 5) is 12.5. The minimum Gasteiger partial charge on any atom is -0.394 e. The highest BCUT2D eigenvalue weighted by atomic mass is 19.3. The Morgan fingerprint density at radius 3 is 2.67 bits per heavy atom. The summed E-state index contributed by atoms with van der Waals surface area (Å²) in [6.45, 7) is 6.44. The van der Waals surface area contributed by atoms with Gasteiger partial charge in [0.05, 0.1) is 11.6 Å². The lowest BCUT2D eigenvalue weighted by Gasteiger charge is -2.20. The molecule has 0 aliphatic heterocycles. The van der Waals surface area contributed by atoms with Crippen LogP contribution in [0.25, 0.3) is 0 Å². The zero-order valence-corrected chi connectivity index (χ0v) is 14.5. The van der Waals surface area contributed by atoms with Crippen LogP contribution in [0.5, 0.6) is 0 Å². The van der Waals surface area contributed by atoms with Gasteiger partial charge in [0.1, 0.15) is 0 Å². The van der Waals surface area contributed by atoms with Gasteiger partial charge in [-0.1, -0.05) is 32.9 Å². The van der Waals surface area contributed by atoms with Crippen molar-refractivity contribution in [3.8, 4) is 0 Å². The molecule has 1 aliphatic carbocycles. The predicted molar refractivity (Wildman–Crippen MR) is 92.3 cm³/mol. The van der Waals surface area contributed by atoms with Crippen LogP contribution in [-0.4, -0.2) is 25.4 Å². The Kier molecular flexibility index (Phi) is 5.28. The Morgan fingerprint density at radius 1 is 1.42 bits per heavy atom. The summed E-state index contributed by atoms with van der Waals surface area (Å²) < 4.78 is 25.8. The largest absolute Gasteiger partial charge is 0.394 e. The van der Waals surface area contributed by atoms with E-state index in [9.17, 15) is 13.6 Å². The molecule has 0 saturated heterocycles. The Bertz CT molecular complexity index is 656. The third-order valence-electron chi connectivity index (χ3n) is 4.59. The molecule has 6 heteroatoms. The second-order valence-electron chi connectivity index (χ2n) is 6.96. The highest BCUT2D eigenvalue weighted by Gasteiger charge is 2.36. The van der Waals surface area contributed by atoms with Gasteiger partial charge in [-0.15, -0.1) is 0 Å². The predicted octanol–water partition coefficient (Wildman–Crippen LogP) is 3.11. The Labute approximate surface area is 141 Å². The molecule has 0 spiro atoms. The summed E-state index contributed by atoms with van der Waals surface area (Å²) in [5.41, 5.74) is 8.25. The molecular formula is C18H25F2N3O. The number of alkyl halides is 2. The van der Waals surface area contributed by atoms with Crippen LogP contribution in [0.4, 0.5) is 14.5 Å². The van der Waals surface area contributed by atoms with E-state index in [1.165, 1.54) is 18.8 Å². The van der Waals surface area contributed by atoms with Gasteiger partial charge in [0, 0.05) is 18.9 Å². The Hall–Kier alpha value is -1.95. The van der Waals surface area contributed by atoms with Crippen LogP contribution in [0.2, 0.25) is 0 Å². The minimum atomic E-state index is -2.81. The van der Waals surface area contributed by atoms with Crippen LogP contribution in [0.15, 0.2) is 30.0 Å².